The molecule has 0 saturated heterocycles. The fraction of sp³-hybridized carbons (Fsp3) is 0.417. The second kappa shape index (κ2) is 9.30. The largest absolute Gasteiger partial charge is 0.351 e. The van der Waals surface area contributed by atoms with Crippen molar-refractivity contribution in [2.75, 3.05) is 19.6 Å². The van der Waals surface area contributed by atoms with E-state index in [1.807, 2.05) is 0 Å². The molecule has 0 aliphatic rings. The maximum atomic E-state index is 13.0. The summed E-state index contributed by atoms with van der Waals surface area (Å²) >= 11 is 3.22. The molecule has 1 amide bonds. The van der Waals surface area contributed by atoms with Crippen molar-refractivity contribution >= 4 is 34.2 Å². The molecule has 102 valence electrons. The second-order valence-electron chi connectivity index (χ2n) is 3.63. The average Bonchev–Trinajstić information content (AvgIpc) is 2.32. The summed E-state index contributed by atoms with van der Waals surface area (Å²) in [7, 11) is 0. The van der Waals surface area contributed by atoms with Crippen molar-refractivity contribution in [1.29, 1.82) is 0 Å². The minimum Gasteiger partial charge on any atom is -0.351 e. The molecule has 0 radical (unpaired) electrons. The van der Waals surface area contributed by atoms with Crippen molar-refractivity contribution in [3.63, 3.8) is 0 Å². The fourth-order valence-electron chi connectivity index (χ4n) is 1.33. The van der Waals surface area contributed by atoms with E-state index >= 15 is 0 Å². The van der Waals surface area contributed by atoms with Crippen LogP contribution in [0, 0.1) is 5.82 Å². The molecule has 0 spiro atoms. The van der Waals surface area contributed by atoms with E-state index in [1.54, 1.807) is 0 Å². The topological polar surface area (TPSA) is 41.1 Å². The summed E-state index contributed by atoms with van der Waals surface area (Å²) in [6.07, 6.45) is 1.06. The van der Waals surface area contributed by atoms with Crippen LogP contribution in [0.3, 0.4) is 0 Å². The van der Waals surface area contributed by atoms with Crippen molar-refractivity contribution in [1.82, 2.24) is 10.6 Å². The van der Waals surface area contributed by atoms with Crippen LogP contribution in [0.2, 0.25) is 0 Å². The number of hydrogen-bond acceptors (Lipinski definition) is 2. The van der Waals surface area contributed by atoms with Gasteiger partial charge in [-0.25, -0.2) is 4.39 Å². The second-order valence-corrected chi connectivity index (χ2v) is 4.48. The summed E-state index contributed by atoms with van der Waals surface area (Å²) in [4.78, 5) is 11.7. The highest BCUT2D eigenvalue weighted by molar-refractivity contribution is 9.10. The van der Waals surface area contributed by atoms with E-state index in [-0.39, 0.29) is 18.3 Å². The molecule has 0 heterocycles. The van der Waals surface area contributed by atoms with Crippen LogP contribution in [0.1, 0.15) is 23.7 Å². The van der Waals surface area contributed by atoms with Crippen molar-refractivity contribution in [3.8, 4) is 0 Å². The Balaban J connectivity index is 0.00000289. The summed E-state index contributed by atoms with van der Waals surface area (Å²) in [5.41, 5.74) is 0.320. The number of amides is 1. The predicted molar refractivity (Wildman–Crippen MR) is 76.8 cm³/mol. The standard InChI is InChI=1S/C12H16BrFN2O.ClH/c1-2-5-15-6-7-16-12(17)10-8-9(14)3-4-11(10)13;/h3-4,8,15H,2,5-7H2,1H3,(H,16,17);1H. The molecule has 0 aromatic heterocycles. The number of carbonyl (C=O) groups excluding carboxylic acids is 1. The van der Waals surface area contributed by atoms with Crippen LogP contribution in [0.4, 0.5) is 4.39 Å². The van der Waals surface area contributed by atoms with E-state index in [9.17, 15) is 9.18 Å². The third-order valence-corrected chi connectivity index (χ3v) is 2.88. The first kappa shape index (κ1) is 17.4. The lowest BCUT2D eigenvalue weighted by atomic mass is 10.2. The number of carbonyl (C=O) groups is 1. The van der Waals surface area contributed by atoms with Crippen LogP contribution in [-0.4, -0.2) is 25.5 Å². The summed E-state index contributed by atoms with van der Waals surface area (Å²) < 4.78 is 13.6. The zero-order valence-corrected chi connectivity index (χ0v) is 12.5. The number of hydrogen-bond donors (Lipinski definition) is 2. The highest BCUT2D eigenvalue weighted by Crippen LogP contribution is 2.17. The van der Waals surface area contributed by atoms with Crippen LogP contribution in [0.25, 0.3) is 0 Å². The Bertz CT molecular complexity index is 390. The molecule has 2 N–H and O–H groups in total. The Hall–Kier alpha value is -0.650. The van der Waals surface area contributed by atoms with Gasteiger partial charge in [0.25, 0.3) is 5.91 Å². The van der Waals surface area contributed by atoms with Gasteiger partial charge in [-0.3, -0.25) is 4.79 Å². The predicted octanol–water partition coefficient (Wildman–Crippen LogP) is 2.74. The van der Waals surface area contributed by atoms with E-state index in [0.29, 0.717) is 23.1 Å². The van der Waals surface area contributed by atoms with E-state index in [0.717, 1.165) is 13.0 Å². The number of nitrogens with one attached hydrogen (secondary N) is 2. The Morgan fingerprint density at radius 2 is 2.06 bits per heavy atom. The van der Waals surface area contributed by atoms with Gasteiger partial charge in [0.1, 0.15) is 5.82 Å². The van der Waals surface area contributed by atoms with Crippen LogP contribution >= 0.6 is 28.3 Å². The molecule has 1 aromatic rings. The minimum atomic E-state index is -0.414. The number of benzene rings is 1. The maximum absolute atomic E-state index is 13.0. The smallest absolute Gasteiger partial charge is 0.252 e. The van der Waals surface area contributed by atoms with Gasteiger partial charge in [-0.05, 0) is 47.1 Å². The third-order valence-electron chi connectivity index (χ3n) is 2.19. The Morgan fingerprint density at radius 1 is 1.33 bits per heavy atom. The normalized spacial score (nSPS) is 9.72. The first-order valence-corrected chi connectivity index (χ1v) is 6.38. The molecule has 0 unspecified atom stereocenters. The molecule has 0 fully saturated rings. The summed E-state index contributed by atoms with van der Waals surface area (Å²) in [5.74, 6) is -0.683. The van der Waals surface area contributed by atoms with Gasteiger partial charge < -0.3 is 10.6 Å². The van der Waals surface area contributed by atoms with E-state index in [4.69, 9.17) is 0 Å². The molecule has 0 aliphatic heterocycles. The summed E-state index contributed by atoms with van der Waals surface area (Å²) in [5, 5.41) is 5.90. The molecule has 18 heavy (non-hydrogen) atoms. The van der Waals surface area contributed by atoms with E-state index < -0.39 is 5.82 Å². The van der Waals surface area contributed by atoms with Gasteiger partial charge >= 0.3 is 0 Å². The molecule has 1 rings (SSSR count). The maximum Gasteiger partial charge on any atom is 0.252 e. The van der Waals surface area contributed by atoms with Crippen LogP contribution in [0.5, 0.6) is 0 Å². The quantitative estimate of drug-likeness (QED) is 0.783. The van der Waals surface area contributed by atoms with Crippen LogP contribution in [0.15, 0.2) is 22.7 Å². The lowest BCUT2D eigenvalue weighted by molar-refractivity contribution is 0.0952. The zero-order chi connectivity index (χ0) is 12.7. The molecule has 1 aromatic carbocycles. The van der Waals surface area contributed by atoms with Gasteiger partial charge in [0, 0.05) is 17.6 Å². The molecule has 0 bridgehead atoms. The van der Waals surface area contributed by atoms with Gasteiger partial charge in [-0.2, -0.15) is 0 Å². The number of halogens is 3. The fourth-order valence-corrected chi connectivity index (χ4v) is 1.76. The highest BCUT2D eigenvalue weighted by atomic mass is 79.9. The SMILES string of the molecule is CCCNCCNC(=O)c1cc(F)ccc1Br.Cl. The Kier molecular flexibility index (Phi) is 8.97. The molecule has 0 saturated carbocycles. The molecule has 3 nitrogen and oxygen atoms in total. The van der Waals surface area contributed by atoms with Gasteiger partial charge in [-0.15, -0.1) is 12.4 Å². The van der Waals surface area contributed by atoms with Gasteiger partial charge in [0.05, 0.1) is 5.56 Å². The van der Waals surface area contributed by atoms with E-state index in [2.05, 4.69) is 33.5 Å². The lowest BCUT2D eigenvalue weighted by Gasteiger charge is -2.07. The van der Waals surface area contributed by atoms with Gasteiger partial charge in [0.15, 0.2) is 0 Å². The molecular weight excluding hydrogens is 322 g/mol. The summed E-state index contributed by atoms with van der Waals surface area (Å²) in [6, 6.07) is 4.06. The summed E-state index contributed by atoms with van der Waals surface area (Å²) in [6.45, 7) is 4.25. The molecule has 0 atom stereocenters. The monoisotopic (exact) mass is 338 g/mol. The zero-order valence-electron chi connectivity index (χ0n) is 10.1. The van der Waals surface area contributed by atoms with Crippen molar-refractivity contribution in [2.24, 2.45) is 0 Å². The third kappa shape index (κ3) is 5.80. The van der Waals surface area contributed by atoms with Gasteiger partial charge in [0.2, 0.25) is 0 Å². The lowest BCUT2D eigenvalue weighted by Crippen LogP contribution is -2.32. The number of rotatable bonds is 6. The molecule has 6 heteroatoms. The van der Waals surface area contributed by atoms with Crippen molar-refractivity contribution in [2.45, 2.75) is 13.3 Å². The minimum absolute atomic E-state index is 0. The first-order chi connectivity index (χ1) is 8.15. The Morgan fingerprint density at radius 3 is 2.72 bits per heavy atom. The van der Waals surface area contributed by atoms with E-state index in [1.165, 1.54) is 18.2 Å². The molecular formula is C12H17BrClFN2O. The Labute approximate surface area is 121 Å². The molecule has 0 aliphatic carbocycles. The van der Waals surface area contributed by atoms with Crippen LogP contribution < -0.4 is 10.6 Å². The average molecular weight is 340 g/mol. The van der Waals surface area contributed by atoms with Crippen molar-refractivity contribution in [3.05, 3.63) is 34.1 Å². The van der Waals surface area contributed by atoms with Crippen molar-refractivity contribution < 1.29 is 9.18 Å². The van der Waals surface area contributed by atoms with Gasteiger partial charge in [-0.1, -0.05) is 6.92 Å². The van der Waals surface area contributed by atoms with Crippen LogP contribution in [-0.2, 0) is 0 Å². The first-order valence-electron chi connectivity index (χ1n) is 5.59. The highest BCUT2D eigenvalue weighted by Gasteiger charge is 2.10.